The van der Waals surface area contributed by atoms with Gasteiger partial charge in [-0.1, -0.05) is 36.4 Å². The van der Waals surface area contributed by atoms with Gasteiger partial charge in [-0.05, 0) is 83.9 Å². The smallest absolute Gasteiger partial charge is 0.303 e. The highest BCUT2D eigenvalue weighted by atomic mass is 79.9. The second-order valence-electron chi connectivity index (χ2n) is 12.2. The van der Waals surface area contributed by atoms with Crippen LogP contribution in [0.4, 0.5) is 0 Å². The van der Waals surface area contributed by atoms with Crippen molar-refractivity contribution in [3.8, 4) is 11.5 Å². The lowest BCUT2D eigenvalue weighted by Crippen LogP contribution is -2.79. The van der Waals surface area contributed by atoms with Gasteiger partial charge < -0.3 is 19.5 Å². The first-order valence-corrected chi connectivity index (χ1v) is 16.6. The highest BCUT2D eigenvalue weighted by molar-refractivity contribution is 9.10. The number of thiophene rings is 1. The molecule has 2 aliphatic heterocycles. The standard InChI is InChI=1S/C34H35BrN2O5S/c1-21(38)42-34-14-12-26(36(2)29(40)11-9-25-19-24(35)20-43-25)32-33(34)15-17-37(16-13-22-6-4-3-5-7-22)28(34)18-23-8-10-27(39)31(41-32)30(23)33/h3-11,19-20,26,28,32,39H,12-18H2,1-2H3/b11-9+/t26-,28-,32+,33+,34-/m1/s1. The number of carbonyl (C=O) groups is 2. The van der Waals surface area contributed by atoms with Gasteiger partial charge in [-0.2, -0.15) is 0 Å². The molecule has 43 heavy (non-hydrogen) atoms. The van der Waals surface area contributed by atoms with Gasteiger partial charge in [0.25, 0.3) is 0 Å². The summed E-state index contributed by atoms with van der Waals surface area (Å²) in [6.45, 7) is 3.16. The third-order valence-corrected chi connectivity index (χ3v) is 11.8. The average molecular weight is 664 g/mol. The molecular formula is C34H35BrN2O5S. The summed E-state index contributed by atoms with van der Waals surface area (Å²) >= 11 is 5.04. The summed E-state index contributed by atoms with van der Waals surface area (Å²) in [7, 11) is 1.83. The quantitative estimate of drug-likeness (QED) is 0.257. The highest BCUT2D eigenvalue weighted by Gasteiger charge is 2.75. The predicted octanol–water partition coefficient (Wildman–Crippen LogP) is 5.72. The predicted molar refractivity (Wildman–Crippen MR) is 169 cm³/mol. The molecule has 2 bridgehead atoms. The summed E-state index contributed by atoms with van der Waals surface area (Å²) in [5.74, 6) is 0.169. The molecule has 3 aromatic rings. The Bertz CT molecular complexity index is 1610. The third-order valence-electron chi connectivity index (χ3n) is 10.2. The van der Waals surface area contributed by atoms with E-state index in [-0.39, 0.29) is 29.7 Å². The normalized spacial score (nSPS) is 28.8. The summed E-state index contributed by atoms with van der Waals surface area (Å²) in [5, 5.41) is 13.0. The van der Waals surface area contributed by atoms with Crippen LogP contribution < -0.4 is 4.74 Å². The number of phenols is 1. The lowest BCUT2D eigenvalue weighted by atomic mass is 9.48. The van der Waals surface area contributed by atoms with Crippen molar-refractivity contribution in [1.29, 1.82) is 0 Å². The molecule has 1 spiro atoms. The molecular weight excluding hydrogens is 628 g/mol. The van der Waals surface area contributed by atoms with Crippen molar-refractivity contribution in [3.63, 3.8) is 0 Å². The van der Waals surface area contributed by atoms with Crippen molar-refractivity contribution in [3.05, 3.63) is 86.0 Å². The molecule has 1 aromatic heterocycles. The average Bonchev–Trinajstić information content (AvgIpc) is 3.57. The van der Waals surface area contributed by atoms with Crippen molar-refractivity contribution >= 4 is 45.2 Å². The summed E-state index contributed by atoms with van der Waals surface area (Å²) in [5.41, 5.74) is 1.88. The maximum absolute atomic E-state index is 13.5. The molecule has 7 nitrogen and oxygen atoms in total. The van der Waals surface area contributed by atoms with Crippen LogP contribution in [0.5, 0.6) is 11.5 Å². The van der Waals surface area contributed by atoms with E-state index < -0.39 is 17.1 Å². The Morgan fingerprint density at radius 1 is 1.23 bits per heavy atom. The molecule has 0 radical (unpaired) electrons. The van der Waals surface area contributed by atoms with Gasteiger partial charge in [0.05, 0.1) is 17.5 Å². The van der Waals surface area contributed by atoms with E-state index in [1.165, 1.54) is 12.5 Å². The van der Waals surface area contributed by atoms with Gasteiger partial charge in [-0.15, -0.1) is 11.3 Å². The van der Waals surface area contributed by atoms with Gasteiger partial charge in [0.15, 0.2) is 11.5 Å². The minimum absolute atomic E-state index is 0.0397. The Balaban J connectivity index is 1.27. The lowest BCUT2D eigenvalue weighted by molar-refractivity contribution is -0.223. The van der Waals surface area contributed by atoms with Crippen molar-refractivity contribution in [2.24, 2.45) is 0 Å². The molecule has 1 N–H and O–H groups in total. The molecule has 2 fully saturated rings. The maximum atomic E-state index is 13.5. The molecule has 3 heterocycles. The van der Waals surface area contributed by atoms with Crippen LogP contribution in [-0.2, 0) is 32.6 Å². The van der Waals surface area contributed by atoms with Gasteiger partial charge in [0, 0.05) is 46.9 Å². The number of phenolic OH excluding ortho intramolecular Hbond substituents is 1. The number of carbonyl (C=O) groups excluding carboxylic acids is 2. The van der Waals surface area contributed by atoms with E-state index in [1.54, 1.807) is 28.4 Å². The molecule has 5 atom stereocenters. The van der Waals surface area contributed by atoms with E-state index in [4.69, 9.17) is 9.47 Å². The molecule has 9 heteroatoms. The molecule has 1 amide bonds. The second-order valence-corrected chi connectivity index (χ2v) is 14.1. The zero-order chi connectivity index (χ0) is 29.9. The fourth-order valence-corrected chi connectivity index (χ4v) is 9.81. The minimum atomic E-state index is -0.829. The van der Waals surface area contributed by atoms with Gasteiger partial charge in [0.2, 0.25) is 5.91 Å². The van der Waals surface area contributed by atoms with E-state index in [1.807, 2.05) is 36.7 Å². The zero-order valence-corrected chi connectivity index (χ0v) is 26.7. The van der Waals surface area contributed by atoms with Gasteiger partial charge in [-0.25, -0.2) is 0 Å². The fraction of sp³-hybridized carbons (Fsp3) is 0.412. The molecule has 1 saturated carbocycles. The summed E-state index contributed by atoms with van der Waals surface area (Å²) < 4.78 is 14.3. The summed E-state index contributed by atoms with van der Waals surface area (Å²) in [4.78, 5) is 31.7. The number of hydrogen-bond acceptors (Lipinski definition) is 7. The van der Waals surface area contributed by atoms with Crippen LogP contribution >= 0.6 is 27.3 Å². The second kappa shape index (κ2) is 10.8. The first-order valence-electron chi connectivity index (χ1n) is 14.9. The molecule has 224 valence electrons. The third kappa shape index (κ3) is 4.46. The van der Waals surface area contributed by atoms with E-state index in [2.05, 4.69) is 45.1 Å². The lowest BCUT2D eigenvalue weighted by Gasteiger charge is -2.65. The topological polar surface area (TPSA) is 79.3 Å². The SMILES string of the molecule is CC(=O)O[C@@]12CC[C@@H](N(C)C(=O)/C=C/c3cc(Br)cs3)[C@@H]3Oc4c(O)ccc5c4[C@@]31CCN(CCc1ccccc1)[C@@H]2C5. The number of hydrogen-bond donors (Lipinski definition) is 1. The molecule has 0 unspecified atom stereocenters. The van der Waals surface area contributed by atoms with Crippen molar-refractivity contribution < 1.29 is 24.2 Å². The van der Waals surface area contributed by atoms with Crippen LogP contribution in [0.2, 0.25) is 0 Å². The van der Waals surface area contributed by atoms with Crippen LogP contribution in [0.25, 0.3) is 6.08 Å². The number of piperidine rings is 1. The molecule has 7 rings (SSSR count). The Labute approximate surface area is 264 Å². The van der Waals surface area contributed by atoms with Gasteiger partial charge >= 0.3 is 5.97 Å². The van der Waals surface area contributed by atoms with Crippen LogP contribution in [0.3, 0.4) is 0 Å². The van der Waals surface area contributed by atoms with Crippen molar-refractivity contribution in [1.82, 2.24) is 9.80 Å². The number of benzene rings is 2. The van der Waals surface area contributed by atoms with E-state index in [9.17, 15) is 14.7 Å². The molecule has 1 saturated heterocycles. The molecule has 2 aliphatic carbocycles. The first-order chi connectivity index (χ1) is 20.7. The number of ether oxygens (including phenoxy) is 2. The van der Waals surface area contributed by atoms with Crippen LogP contribution in [0, 0.1) is 0 Å². The van der Waals surface area contributed by atoms with Crippen LogP contribution in [0.15, 0.2) is 64.5 Å². The Kier molecular flexibility index (Phi) is 7.18. The number of aromatic hydroxyl groups is 1. The van der Waals surface area contributed by atoms with E-state index >= 15 is 0 Å². The van der Waals surface area contributed by atoms with Crippen LogP contribution in [0.1, 0.15) is 47.8 Å². The number of halogens is 1. The fourth-order valence-electron chi connectivity index (χ4n) is 8.47. The van der Waals surface area contributed by atoms with E-state index in [0.29, 0.717) is 31.4 Å². The molecule has 2 aromatic carbocycles. The van der Waals surface area contributed by atoms with Crippen molar-refractivity contribution in [2.45, 2.75) is 68.2 Å². The maximum Gasteiger partial charge on any atom is 0.303 e. The summed E-state index contributed by atoms with van der Waals surface area (Å²) in [6.07, 6.45) is 6.55. The largest absolute Gasteiger partial charge is 0.504 e. The van der Waals surface area contributed by atoms with Gasteiger partial charge in [0.1, 0.15) is 11.7 Å². The number of esters is 1. The minimum Gasteiger partial charge on any atom is -0.504 e. The summed E-state index contributed by atoms with van der Waals surface area (Å²) in [6, 6.07) is 15.9. The first kappa shape index (κ1) is 28.6. The van der Waals surface area contributed by atoms with E-state index in [0.717, 1.165) is 40.0 Å². The number of nitrogens with zero attached hydrogens (tertiary/aromatic N) is 2. The number of likely N-dealkylation sites (tertiary alicyclic amines) is 1. The number of amides is 1. The van der Waals surface area contributed by atoms with Crippen LogP contribution in [-0.4, -0.2) is 70.7 Å². The Hall–Kier alpha value is -3.14. The molecule has 4 aliphatic rings. The zero-order valence-electron chi connectivity index (χ0n) is 24.3. The number of rotatable bonds is 7. The Morgan fingerprint density at radius 2 is 2.05 bits per heavy atom. The van der Waals surface area contributed by atoms with Gasteiger partial charge in [-0.3, -0.25) is 14.5 Å². The number of likely N-dealkylation sites (N-methyl/N-ethyl adjacent to an activating group) is 1. The monoisotopic (exact) mass is 662 g/mol. The Morgan fingerprint density at radius 3 is 2.79 bits per heavy atom. The van der Waals surface area contributed by atoms with Crippen molar-refractivity contribution in [2.75, 3.05) is 20.1 Å². The highest BCUT2D eigenvalue weighted by Crippen LogP contribution is 2.67.